The molecule has 0 spiro atoms. The Balaban J connectivity index is 3.24. The van der Waals surface area contributed by atoms with Crippen LogP contribution in [0, 0.1) is 12.8 Å². The van der Waals surface area contributed by atoms with Gasteiger partial charge < -0.3 is 0 Å². The third-order valence-corrected chi connectivity index (χ3v) is 1.19. The van der Waals surface area contributed by atoms with Gasteiger partial charge in [-0.3, -0.25) is 0 Å². The maximum atomic E-state index is 3.82. The molecule has 1 unspecified atom stereocenters. The fourth-order valence-corrected chi connectivity index (χ4v) is 0.697. The van der Waals surface area contributed by atoms with Crippen molar-refractivity contribution in [3.8, 4) is 0 Å². The van der Waals surface area contributed by atoms with Crippen LogP contribution in [0.1, 0.15) is 26.7 Å². The van der Waals surface area contributed by atoms with Crippen molar-refractivity contribution in [2.24, 2.45) is 5.92 Å². The molecule has 0 rings (SSSR count). The average molecular weight is 111 g/mol. The minimum Gasteiger partial charge on any atom is -0.100 e. The summed E-state index contributed by atoms with van der Waals surface area (Å²) in [5.74, 6) is 0.715. The largest absolute Gasteiger partial charge is 0.100 e. The standard InChI is InChI=1S/C8H15/c1-5-8(4)6-7(2)3/h8H,1-2,5-6H2,3-4H3. The Morgan fingerprint density at radius 1 is 1.62 bits per heavy atom. The van der Waals surface area contributed by atoms with Crippen molar-refractivity contribution >= 4 is 0 Å². The predicted molar refractivity (Wildman–Crippen MR) is 38.6 cm³/mol. The maximum Gasteiger partial charge on any atom is -0.0300 e. The first-order valence-electron chi connectivity index (χ1n) is 3.10. The molecule has 0 aliphatic heterocycles. The van der Waals surface area contributed by atoms with E-state index in [0.717, 1.165) is 12.8 Å². The monoisotopic (exact) mass is 111 g/mol. The molecule has 1 radical (unpaired) electrons. The molecular formula is C8H15. The van der Waals surface area contributed by atoms with Crippen LogP contribution in [0.15, 0.2) is 12.2 Å². The summed E-state index contributed by atoms with van der Waals surface area (Å²) in [6, 6.07) is 0. The van der Waals surface area contributed by atoms with Crippen molar-refractivity contribution in [3.05, 3.63) is 19.1 Å². The summed E-state index contributed by atoms with van der Waals surface area (Å²) in [5, 5.41) is 0. The predicted octanol–water partition coefficient (Wildman–Crippen LogP) is 2.81. The van der Waals surface area contributed by atoms with Gasteiger partial charge in [0.25, 0.3) is 0 Å². The summed E-state index contributed by atoms with van der Waals surface area (Å²) in [4.78, 5) is 0. The van der Waals surface area contributed by atoms with Crippen LogP contribution >= 0.6 is 0 Å². The Morgan fingerprint density at radius 3 is 2.25 bits per heavy atom. The lowest BCUT2D eigenvalue weighted by molar-refractivity contribution is 0.585. The molecule has 8 heavy (non-hydrogen) atoms. The van der Waals surface area contributed by atoms with E-state index in [-0.39, 0.29) is 0 Å². The second-order valence-electron chi connectivity index (χ2n) is 2.56. The third kappa shape index (κ3) is 3.91. The summed E-state index contributed by atoms with van der Waals surface area (Å²) >= 11 is 0. The quantitative estimate of drug-likeness (QED) is 0.491. The van der Waals surface area contributed by atoms with Gasteiger partial charge in [0.2, 0.25) is 0 Å². The molecule has 0 aromatic carbocycles. The van der Waals surface area contributed by atoms with Crippen molar-refractivity contribution in [2.45, 2.75) is 26.7 Å². The van der Waals surface area contributed by atoms with Gasteiger partial charge in [-0.1, -0.05) is 25.8 Å². The van der Waals surface area contributed by atoms with Crippen LogP contribution in [0.4, 0.5) is 0 Å². The molecular weight excluding hydrogens is 96.1 g/mol. The molecule has 0 fully saturated rings. The van der Waals surface area contributed by atoms with E-state index in [2.05, 4.69) is 27.4 Å². The van der Waals surface area contributed by atoms with Crippen molar-refractivity contribution < 1.29 is 0 Å². The van der Waals surface area contributed by atoms with Gasteiger partial charge in [-0.25, -0.2) is 0 Å². The molecule has 0 amide bonds. The molecule has 0 heterocycles. The topological polar surface area (TPSA) is 0 Å². The Kier molecular flexibility index (Phi) is 3.59. The Morgan fingerprint density at radius 2 is 2.12 bits per heavy atom. The second kappa shape index (κ2) is 3.71. The summed E-state index contributed by atoms with van der Waals surface area (Å²) in [7, 11) is 0. The highest BCUT2D eigenvalue weighted by atomic mass is 14.0. The van der Waals surface area contributed by atoms with E-state index in [9.17, 15) is 0 Å². The van der Waals surface area contributed by atoms with Crippen LogP contribution in [0.25, 0.3) is 0 Å². The summed E-state index contributed by atoms with van der Waals surface area (Å²) < 4.78 is 0. The minimum atomic E-state index is 0.715. The Labute approximate surface area is 52.6 Å². The average Bonchev–Trinajstić information content (AvgIpc) is 1.65. The highest BCUT2D eigenvalue weighted by Gasteiger charge is 1.96. The number of hydrogen-bond donors (Lipinski definition) is 0. The zero-order valence-electron chi connectivity index (χ0n) is 5.91. The molecule has 0 saturated heterocycles. The fraction of sp³-hybridized carbons (Fsp3) is 0.625. The highest BCUT2D eigenvalue weighted by molar-refractivity contribution is 4.89. The van der Waals surface area contributed by atoms with Crippen molar-refractivity contribution in [2.75, 3.05) is 0 Å². The van der Waals surface area contributed by atoms with Gasteiger partial charge in [0.1, 0.15) is 0 Å². The van der Waals surface area contributed by atoms with Crippen molar-refractivity contribution in [1.29, 1.82) is 0 Å². The molecule has 0 aliphatic carbocycles. The normalized spacial score (nSPS) is 13.4. The molecule has 0 bridgehead atoms. The Hall–Kier alpha value is -0.260. The maximum absolute atomic E-state index is 3.82. The van der Waals surface area contributed by atoms with Gasteiger partial charge in [-0.05, 0) is 19.3 Å². The number of hydrogen-bond acceptors (Lipinski definition) is 0. The fourth-order valence-electron chi connectivity index (χ4n) is 0.697. The molecule has 0 nitrogen and oxygen atoms in total. The van der Waals surface area contributed by atoms with E-state index < -0.39 is 0 Å². The van der Waals surface area contributed by atoms with E-state index in [1.807, 2.05) is 0 Å². The van der Waals surface area contributed by atoms with Gasteiger partial charge in [-0.2, -0.15) is 0 Å². The first-order chi connectivity index (χ1) is 3.66. The molecule has 0 heteroatoms. The van der Waals surface area contributed by atoms with Crippen molar-refractivity contribution in [1.82, 2.24) is 0 Å². The number of allylic oxidation sites excluding steroid dienone is 1. The van der Waals surface area contributed by atoms with Gasteiger partial charge in [-0.15, -0.1) is 6.58 Å². The van der Waals surface area contributed by atoms with E-state index in [1.54, 1.807) is 0 Å². The molecule has 1 atom stereocenters. The molecule has 47 valence electrons. The van der Waals surface area contributed by atoms with E-state index in [1.165, 1.54) is 5.57 Å². The van der Waals surface area contributed by atoms with Crippen LogP contribution in [0.5, 0.6) is 0 Å². The first kappa shape index (κ1) is 7.74. The van der Waals surface area contributed by atoms with Crippen LogP contribution in [0.2, 0.25) is 0 Å². The lowest BCUT2D eigenvalue weighted by Crippen LogP contribution is -1.90. The minimum absolute atomic E-state index is 0.715. The van der Waals surface area contributed by atoms with E-state index >= 15 is 0 Å². The smallest absolute Gasteiger partial charge is 0.0300 e. The second-order valence-corrected chi connectivity index (χ2v) is 2.56. The van der Waals surface area contributed by atoms with Crippen LogP contribution < -0.4 is 0 Å². The first-order valence-corrected chi connectivity index (χ1v) is 3.10. The molecule has 0 aromatic heterocycles. The van der Waals surface area contributed by atoms with Gasteiger partial charge in [0, 0.05) is 0 Å². The van der Waals surface area contributed by atoms with Crippen LogP contribution in [-0.4, -0.2) is 0 Å². The molecule has 0 saturated carbocycles. The lowest BCUT2D eigenvalue weighted by Gasteiger charge is -2.05. The zero-order valence-corrected chi connectivity index (χ0v) is 5.91. The molecule has 0 N–H and O–H groups in total. The number of rotatable bonds is 3. The summed E-state index contributed by atoms with van der Waals surface area (Å²) in [5.41, 5.74) is 1.26. The van der Waals surface area contributed by atoms with Gasteiger partial charge in [0.15, 0.2) is 0 Å². The van der Waals surface area contributed by atoms with Crippen LogP contribution in [-0.2, 0) is 0 Å². The summed E-state index contributed by atoms with van der Waals surface area (Å²) in [6.45, 7) is 11.9. The van der Waals surface area contributed by atoms with Crippen LogP contribution in [0.3, 0.4) is 0 Å². The van der Waals surface area contributed by atoms with Crippen molar-refractivity contribution in [3.63, 3.8) is 0 Å². The SMILES string of the molecule is [CH2]CC(C)CC(=C)C. The lowest BCUT2D eigenvalue weighted by atomic mass is 10.0. The molecule has 0 aromatic rings. The van der Waals surface area contributed by atoms with E-state index in [4.69, 9.17) is 0 Å². The summed E-state index contributed by atoms with van der Waals surface area (Å²) in [6.07, 6.45) is 2.15. The zero-order chi connectivity index (χ0) is 6.57. The molecule has 0 aliphatic rings. The van der Waals surface area contributed by atoms with Gasteiger partial charge in [0.05, 0.1) is 0 Å². The van der Waals surface area contributed by atoms with Gasteiger partial charge >= 0.3 is 0 Å². The Bertz CT molecular complexity index is 72.1. The third-order valence-electron chi connectivity index (χ3n) is 1.19. The van der Waals surface area contributed by atoms with E-state index in [0.29, 0.717) is 5.92 Å². The highest BCUT2D eigenvalue weighted by Crippen LogP contribution is 2.10.